The first-order valence-corrected chi connectivity index (χ1v) is 5.06. The standard InChI is InChI=1S/C10H11F3N2O3/c1-2-18-9(16)7-3-4-14-8(15-7)5-17-6-10(11,12)13/h3-4H,2,5-6H2,1H3. The third kappa shape index (κ3) is 5.09. The first-order valence-electron chi connectivity index (χ1n) is 5.06. The minimum Gasteiger partial charge on any atom is -0.461 e. The van der Waals surface area contributed by atoms with E-state index in [9.17, 15) is 18.0 Å². The fourth-order valence-electron chi connectivity index (χ4n) is 1.05. The van der Waals surface area contributed by atoms with Crippen LogP contribution in [0.25, 0.3) is 0 Å². The lowest BCUT2D eigenvalue weighted by Crippen LogP contribution is -2.17. The van der Waals surface area contributed by atoms with Gasteiger partial charge in [-0.3, -0.25) is 0 Å². The molecule has 0 amide bonds. The van der Waals surface area contributed by atoms with Gasteiger partial charge >= 0.3 is 12.1 Å². The van der Waals surface area contributed by atoms with Crippen LogP contribution >= 0.6 is 0 Å². The van der Waals surface area contributed by atoms with Crippen molar-refractivity contribution in [2.24, 2.45) is 0 Å². The van der Waals surface area contributed by atoms with Crippen molar-refractivity contribution in [1.82, 2.24) is 9.97 Å². The van der Waals surface area contributed by atoms with Gasteiger partial charge in [-0.1, -0.05) is 0 Å². The number of aromatic nitrogens is 2. The highest BCUT2D eigenvalue weighted by molar-refractivity contribution is 5.87. The van der Waals surface area contributed by atoms with E-state index >= 15 is 0 Å². The van der Waals surface area contributed by atoms with Gasteiger partial charge in [0.15, 0.2) is 11.5 Å². The van der Waals surface area contributed by atoms with Crippen molar-refractivity contribution < 1.29 is 27.4 Å². The molecule has 0 N–H and O–H groups in total. The van der Waals surface area contributed by atoms with Crippen LogP contribution in [0.5, 0.6) is 0 Å². The number of hydrogen-bond donors (Lipinski definition) is 0. The monoisotopic (exact) mass is 264 g/mol. The van der Waals surface area contributed by atoms with Crippen molar-refractivity contribution in [2.75, 3.05) is 13.2 Å². The Kier molecular flexibility index (Phi) is 5.02. The van der Waals surface area contributed by atoms with Crippen LogP contribution in [0.3, 0.4) is 0 Å². The highest BCUT2D eigenvalue weighted by Crippen LogP contribution is 2.15. The van der Waals surface area contributed by atoms with Crippen LogP contribution in [-0.4, -0.2) is 35.3 Å². The molecule has 0 radical (unpaired) electrons. The predicted octanol–water partition coefficient (Wildman–Crippen LogP) is 1.73. The van der Waals surface area contributed by atoms with Gasteiger partial charge < -0.3 is 9.47 Å². The maximum absolute atomic E-state index is 11.8. The Labute approximate surface area is 101 Å². The first kappa shape index (κ1) is 14.4. The summed E-state index contributed by atoms with van der Waals surface area (Å²) in [5.74, 6) is -0.665. The van der Waals surface area contributed by atoms with Gasteiger partial charge in [-0.15, -0.1) is 0 Å². The smallest absolute Gasteiger partial charge is 0.411 e. The van der Waals surface area contributed by atoms with Gasteiger partial charge in [0.25, 0.3) is 0 Å². The Morgan fingerprint density at radius 1 is 1.44 bits per heavy atom. The second-order valence-electron chi connectivity index (χ2n) is 3.19. The fourth-order valence-corrected chi connectivity index (χ4v) is 1.05. The van der Waals surface area contributed by atoms with Crippen LogP contribution in [0.4, 0.5) is 13.2 Å². The summed E-state index contributed by atoms with van der Waals surface area (Å²) in [6, 6.07) is 1.31. The molecule has 0 aliphatic heterocycles. The zero-order valence-electron chi connectivity index (χ0n) is 9.53. The van der Waals surface area contributed by atoms with E-state index in [2.05, 4.69) is 14.7 Å². The molecule has 0 aliphatic rings. The maximum atomic E-state index is 11.8. The Bertz CT molecular complexity index is 410. The molecule has 0 spiro atoms. The van der Waals surface area contributed by atoms with Crippen molar-refractivity contribution in [3.8, 4) is 0 Å². The number of ether oxygens (including phenoxy) is 2. The minimum absolute atomic E-state index is 0.00944. The maximum Gasteiger partial charge on any atom is 0.411 e. The van der Waals surface area contributed by atoms with Gasteiger partial charge in [0.1, 0.15) is 13.2 Å². The number of hydrogen-bond acceptors (Lipinski definition) is 5. The average molecular weight is 264 g/mol. The number of halogens is 3. The molecule has 1 heterocycles. The van der Waals surface area contributed by atoms with E-state index in [1.165, 1.54) is 12.3 Å². The lowest BCUT2D eigenvalue weighted by molar-refractivity contribution is -0.177. The lowest BCUT2D eigenvalue weighted by atomic mass is 10.4. The molecule has 100 valence electrons. The van der Waals surface area contributed by atoms with Crippen molar-refractivity contribution in [3.05, 3.63) is 23.8 Å². The molecule has 5 nitrogen and oxygen atoms in total. The van der Waals surface area contributed by atoms with E-state index in [0.717, 1.165) is 0 Å². The van der Waals surface area contributed by atoms with Gasteiger partial charge in [0.05, 0.1) is 6.61 Å². The molecule has 0 aliphatic carbocycles. The van der Waals surface area contributed by atoms with Crippen LogP contribution < -0.4 is 0 Å². The van der Waals surface area contributed by atoms with Crippen LogP contribution in [-0.2, 0) is 16.1 Å². The van der Waals surface area contributed by atoms with E-state index in [4.69, 9.17) is 4.74 Å². The number of rotatable bonds is 5. The first-order chi connectivity index (χ1) is 8.42. The number of nitrogens with zero attached hydrogens (tertiary/aromatic N) is 2. The molecule has 1 aromatic heterocycles. The SMILES string of the molecule is CCOC(=O)c1ccnc(COCC(F)(F)F)n1. The van der Waals surface area contributed by atoms with E-state index in [1.54, 1.807) is 6.92 Å². The summed E-state index contributed by atoms with van der Waals surface area (Å²) in [5.41, 5.74) is -0.0162. The Morgan fingerprint density at radius 3 is 2.78 bits per heavy atom. The number of carbonyl (C=O) groups is 1. The molecule has 0 unspecified atom stereocenters. The zero-order chi connectivity index (χ0) is 13.6. The second-order valence-corrected chi connectivity index (χ2v) is 3.19. The van der Waals surface area contributed by atoms with Crippen molar-refractivity contribution >= 4 is 5.97 Å². The minimum atomic E-state index is -4.40. The average Bonchev–Trinajstić information content (AvgIpc) is 2.28. The van der Waals surface area contributed by atoms with Crippen LogP contribution in [0, 0.1) is 0 Å². The zero-order valence-corrected chi connectivity index (χ0v) is 9.53. The Hall–Kier alpha value is -1.70. The molecule has 0 saturated heterocycles. The van der Waals surface area contributed by atoms with Gasteiger partial charge in [0.2, 0.25) is 0 Å². The Morgan fingerprint density at radius 2 is 2.17 bits per heavy atom. The van der Waals surface area contributed by atoms with Crippen LogP contribution in [0.15, 0.2) is 12.3 Å². The second kappa shape index (κ2) is 6.29. The molecule has 0 bridgehead atoms. The molecule has 0 saturated carbocycles. The van der Waals surface area contributed by atoms with E-state index in [0.29, 0.717) is 0 Å². The van der Waals surface area contributed by atoms with Crippen LogP contribution in [0.2, 0.25) is 0 Å². The summed E-state index contributed by atoms with van der Waals surface area (Å²) in [4.78, 5) is 18.7. The van der Waals surface area contributed by atoms with Gasteiger partial charge in [0, 0.05) is 6.20 Å². The van der Waals surface area contributed by atoms with Gasteiger partial charge in [-0.2, -0.15) is 13.2 Å². The molecular weight excluding hydrogens is 253 g/mol. The van der Waals surface area contributed by atoms with E-state index in [-0.39, 0.29) is 18.1 Å². The number of esters is 1. The quantitative estimate of drug-likeness (QED) is 0.758. The van der Waals surface area contributed by atoms with Gasteiger partial charge in [-0.05, 0) is 13.0 Å². The highest BCUT2D eigenvalue weighted by atomic mass is 19.4. The summed E-state index contributed by atoms with van der Waals surface area (Å²) < 4.78 is 44.5. The summed E-state index contributed by atoms with van der Waals surface area (Å²) in [5, 5.41) is 0. The van der Waals surface area contributed by atoms with Crippen molar-refractivity contribution in [3.63, 3.8) is 0 Å². The molecule has 8 heteroatoms. The fraction of sp³-hybridized carbons (Fsp3) is 0.500. The normalized spacial score (nSPS) is 11.3. The third-order valence-electron chi connectivity index (χ3n) is 1.69. The van der Waals surface area contributed by atoms with Crippen molar-refractivity contribution in [2.45, 2.75) is 19.7 Å². The summed E-state index contributed by atoms with van der Waals surface area (Å²) in [6.45, 7) is 0.00192. The molecular formula is C10H11F3N2O3. The van der Waals surface area contributed by atoms with Crippen molar-refractivity contribution in [1.29, 1.82) is 0 Å². The Balaban J connectivity index is 2.57. The van der Waals surface area contributed by atoms with Crippen LogP contribution in [0.1, 0.15) is 23.2 Å². The molecule has 0 atom stereocenters. The molecule has 0 fully saturated rings. The lowest BCUT2D eigenvalue weighted by Gasteiger charge is -2.07. The topological polar surface area (TPSA) is 61.3 Å². The molecule has 18 heavy (non-hydrogen) atoms. The third-order valence-corrected chi connectivity index (χ3v) is 1.69. The summed E-state index contributed by atoms with van der Waals surface area (Å²) in [6.07, 6.45) is -3.15. The van der Waals surface area contributed by atoms with E-state index in [1.807, 2.05) is 0 Å². The number of carbonyl (C=O) groups excluding carboxylic acids is 1. The predicted molar refractivity (Wildman–Crippen MR) is 53.7 cm³/mol. The van der Waals surface area contributed by atoms with Gasteiger partial charge in [-0.25, -0.2) is 14.8 Å². The number of alkyl halides is 3. The summed E-state index contributed by atoms with van der Waals surface area (Å²) in [7, 11) is 0. The summed E-state index contributed by atoms with van der Waals surface area (Å²) >= 11 is 0. The molecule has 1 rings (SSSR count). The molecule has 0 aromatic carbocycles. The van der Waals surface area contributed by atoms with E-state index < -0.39 is 25.4 Å². The highest BCUT2D eigenvalue weighted by Gasteiger charge is 2.27. The largest absolute Gasteiger partial charge is 0.461 e. The molecule has 1 aromatic rings.